The maximum absolute atomic E-state index is 12.1. The molecule has 0 aliphatic heterocycles. The minimum atomic E-state index is -4.90. The number of nitriles is 1. The normalized spacial score (nSPS) is 13.9. The second-order valence-corrected chi connectivity index (χ2v) is 5.35. The largest absolute Gasteiger partial charge is 0.448 e. The van der Waals surface area contributed by atoms with E-state index in [1.807, 2.05) is 0 Å². The lowest BCUT2D eigenvalue weighted by molar-refractivity contribution is -0.0598. The molecule has 0 heterocycles. The van der Waals surface area contributed by atoms with Gasteiger partial charge in [-0.3, -0.25) is 0 Å². The summed E-state index contributed by atoms with van der Waals surface area (Å²) in [5, 5.41) is 8.75. The number of rotatable bonds is 3. The third-order valence-corrected chi connectivity index (χ3v) is 3.73. The van der Waals surface area contributed by atoms with Gasteiger partial charge in [-0.05, 0) is 12.1 Å². The van der Waals surface area contributed by atoms with Crippen LogP contribution in [0.1, 0.15) is 0 Å². The zero-order chi connectivity index (χ0) is 15.4. The zero-order valence-electron chi connectivity index (χ0n) is 9.79. The van der Waals surface area contributed by atoms with Crippen LogP contribution in [-0.4, -0.2) is 20.4 Å². The lowest BCUT2D eigenvalue weighted by Gasteiger charge is -2.04. The molecule has 0 aromatic heterocycles. The molecule has 0 unspecified atom stereocenters. The number of alkyl halides is 3. The number of nitrogens with two attached hydrogens (primary N) is 1. The maximum Gasteiger partial charge on any atom is 0.448 e. The Morgan fingerprint density at radius 1 is 1.30 bits per heavy atom. The first kappa shape index (κ1) is 15.7. The lowest BCUT2D eigenvalue weighted by Crippen LogP contribution is -2.30. The fraction of sp³-hybridized carbons (Fsp3) is 0.0909. The summed E-state index contributed by atoms with van der Waals surface area (Å²) in [5.74, 6) is -1.74. The maximum atomic E-state index is 12.1. The number of benzene rings is 1. The number of halogens is 3. The van der Waals surface area contributed by atoms with Gasteiger partial charge in [-0.1, -0.05) is 18.2 Å². The SMILES string of the molecule is N#C/C(=C\N=C(N)C(F)(F)F)S(=O)(=O)c1ccccc1. The smallest absolute Gasteiger partial charge is 0.380 e. The molecule has 0 amide bonds. The Bertz CT molecular complexity index is 686. The molecule has 0 fully saturated rings. The first-order valence-electron chi connectivity index (χ1n) is 5.00. The van der Waals surface area contributed by atoms with Crippen LogP contribution < -0.4 is 5.73 Å². The van der Waals surface area contributed by atoms with Gasteiger partial charge in [0.2, 0.25) is 15.7 Å². The topological polar surface area (TPSA) is 96.3 Å². The highest BCUT2D eigenvalue weighted by Gasteiger charge is 2.33. The van der Waals surface area contributed by atoms with Crippen LogP contribution in [0.25, 0.3) is 0 Å². The Labute approximate surface area is 112 Å². The number of nitrogens with zero attached hydrogens (tertiary/aromatic N) is 2. The van der Waals surface area contributed by atoms with Crippen LogP contribution in [0, 0.1) is 11.3 Å². The highest BCUT2D eigenvalue weighted by Crippen LogP contribution is 2.19. The Balaban J connectivity index is 3.26. The van der Waals surface area contributed by atoms with Crippen molar-refractivity contribution in [3.63, 3.8) is 0 Å². The minimum Gasteiger partial charge on any atom is -0.380 e. The van der Waals surface area contributed by atoms with E-state index in [9.17, 15) is 21.6 Å². The first-order chi connectivity index (χ1) is 9.19. The molecule has 1 rings (SSSR count). The van der Waals surface area contributed by atoms with Gasteiger partial charge in [0.15, 0.2) is 4.91 Å². The van der Waals surface area contributed by atoms with Crippen molar-refractivity contribution >= 4 is 15.7 Å². The van der Waals surface area contributed by atoms with Gasteiger partial charge in [-0.25, -0.2) is 13.4 Å². The van der Waals surface area contributed by atoms with Gasteiger partial charge in [0.05, 0.1) is 11.1 Å². The molecule has 20 heavy (non-hydrogen) atoms. The van der Waals surface area contributed by atoms with Crippen molar-refractivity contribution in [3.05, 3.63) is 41.4 Å². The summed E-state index contributed by atoms with van der Waals surface area (Å²) < 4.78 is 60.2. The van der Waals surface area contributed by atoms with Crippen molar-refractivity contribution < 1.29 is 21.6 Å². The predicted molar refractivity (Wildman–Crippen MR) is 65.0 cm³/mol. The third kappa shape index (κ3) is 3.58. The van der Waals surface area contributed by atoms with Crippen molar-refractivity contribution in [1.29, 1.82) is 5.26 Å². The number of hydrogen-bond acceptors (Lipinski definition) is 4. The quantitative estimate of drug-likeness (QED) is 0.522. The molecule has 1 aromatic rings. The number of aliphatic imine (C=N–C) groups is 1. The van der Waals surface area contributed by atoms with Crippen LogP contribution in [0.5, 0.6) is 0 Å². The van der Waals surface area contributed by atoms with E-state index in [1.54, 1.807) is 6.07 Å². The number of allylic oxidation sites excluding steroid dienone is 1. The van der Waals surface area contributed by atoms with E-state index in [1.165, 1.54) is 30.3 Å². The van der Waals surface area contributed by atoms with Crippen LogP contribution in [-0.2, 0) is 9.84 Å². The van der Waals surface area contributed by atoms with Gasteiger partial charge in [0, 0.05) is 0 Å². The van der Waals surface area contributed by atoms with Crippen LogP contribution in [0.3, 0.4) is 0 Å². The Hall–Kier alpha value is -2.34. The predicted octanol–water partition coefficient (Wildman–Crippen LogP) is 1.74. The summed E-state index contributed by atoms with van der Waals surface area (Å²) >= 11 is 0. The molecule has 0 aliphatic carbocycles. The third-order valence-electron chi connectivity index (χ3n) is 2.06. The van der Waals surface area contributed by atoms with Crippen LogP contribution in [0.15, 0.2) is 51.3 Å². The molecular weight excluding hydrogens is 295 g/mol. The molecule has 0 saturated carbocycles. The number of amidine groups is 1. The summed E-state index contributed by atoms with van der Waals surface area (Å²) in [6, 6.07) is 8.08. The lowest BCUT2D eigenvalue weighted by atomic mass is 10.4. The van der Waals surface area contributed by atoms with Gasteiger partial charge in [0.1, 0.15) is 6.07 Å². The Morgan fingerprint density at radius 3 is 2.30 bits per heavy atom. The average Bonchev–Trinajstić information content (AvgIpc) is 2.38. The molecule has 106 valence electrons. The van der Waals surface area contributed by atoms with E-state index >= 15 is 0 Å². The summed E-state index contributed by atoms with van der Waals surface area (Å²) in [7, 11) is -4.22. The highest BCUT2D eigenvalue weighted by atomic mass is 32.2. The monoisotopic (exact) mass is 303 g/mol. The standard InChI is InChI=1S/C11H8F3N3O2S/c12-11(13,14)10(16)17-7-9(6-15)20(18,19)8-4-2-1-3-5-8/h1-5,7H,(H2,16,17)/b9-7+. The van der Waals surface area contributed by atoms with E-state index < -0.39 is 26.8 Å². The van der Waals surface area contributed by atoms with E-state index in [0.717, 1.165) is 0 Å². The molecule has 2 N–H and O–H groups in total. The van der Waals surface area contributed by atoms with E-state index in [4.69, 9.17) is 5.26 Å². The number of hydrogen-bond donors (Lipinski definition) is 1. The van der Waals surface area contributed by atoms with Gasteiger partial charge in [-0.2, -0.15) is 18.4 Å². The summed E-state index contributed by atoms with van der Waals surface area (Å²) in [6.07, 6.45) is -4.61. The highest BCUT2D eigenvalue weighted by molar-refractivity contribution is 7.95. The summed E-state index contributed by atoms with van der Waals surface area (Å²) in [4.78, 5) is 1.60. The minimum absolute atomic E-state index is 0.228. The molecule has 0 atom stereocenters. The van der Waals surface area contributed by atoms with Crippen molar-refractivity contribution in [3.8, 4) is 6.07 Å². The van der Waals surface area contributed by atoms with Crippen molar-refractivity contribution in [2.45, 2.75) is 11.1 Å². The number of sulfone groups is 1. The second-order valence-electron chi connectivity index (χ2n) is 3.43. The summed E-state index contributed by atoms with van der Waals surface area (Å²) in [6.45, 7) is 0. The fourth-order valence-corrected chi connectivity index (χ4v) is 2.17. The second kappa shape index (κ2) is 5.75. The van der Waals surface area contributed by atoms with E-state index in [2.05, 4.69) is 10.7 Å². The van der Waals surface area contributed by atoms with Gasteiger partial charge in [-0.15, -0.1) is 0 Å². The molecule has 0 bridgehead atoms. The summed E-state index contributed by atoms with van der Waals surface area (Å²) in [5.41, 5.74) is 4.61. The van der Waals surface area contributed by atoms with Crippen LogP contribution >= 0.6 is 0 Å². The molecule has 1 aromatic carbocycles. The van der Waals surface area contributed by atoms with E-state index in [-0.39, 0.29) is 11.1 Å². The van der Waals surface area contributed by atoms with Crippen molar-refractivity contribution in [2.75, 3.05) is 0 Å². The first-order valence-corrected chi connectivity index (χ1v) is 6.49. The molecule has 9 heteroatoms. The zero-order valence-corrected chi connectivity index (χ0v) is 10.6. The fourth-order valence-electron chi connectivity index (χ4n) is 1.09. The molecule has 5 nitrogen and oxygen atoms in total. The molecule has 0 spiro atoms. The van der Waals surface area contributed by atoms with Gasteiger partial charge < -0.3 is 5.73 Å². The molecular formula is C11H8F3N3O2S. The average molecular weight is 303 g/mol. The molecule has 0 aliphatic rings. The molecule has 0 saturated heterocycles. The van der Waals surface area contributed by atoms with E-state index in [0.29, 0.717) is 0 Å². The van der Waals surface area contributed by atoms with Crippen LogP contribution in [0.4, 0.5) is 13.2 Å². The molecule has 0 radical (unpaired) electrons. The van der Waals surface area contributed by atoms with Crippen molar-refractivity contribution in [1.82, 2.24) is 0 Å². The van der Waals surface area contributed by atoms with Gasteiger partial charge in [0.25, 0.3) is 0 Å². The Kier molecular flexibility index (Phi) is 4.52. The van der Waals surface area contributed by atoms with Gasteiger partial charge >= 0.3 is 6.18 Å². The van der Waals surface area contributed by atoms with Crippen LogP contribution in [0.2, 0.25) is 0 Å². The Morgan fingerprint density at radius 2 is 1.85 bits per heavy atom. The van der Waals surface area contributed by atoms with Crippen molar-refractivity contribution in [2.24, 2.45) is 10.7 Å².